The summed E-state index contributed by atoms with van der Waals surface area (Å²) in [6.45, 7) is 5.60. The fraction of sp³-hybridized carbons (Fsp3) is 0.316. The maximum Gasteiger partial charge on any atom is 0.355 e. The Balaban J connectivity index is 1.65. The maximum absolute atomic E-state index is 12.4. The van der Waals surface area contributed by atoms with E-state index in [0.29, 0.717) is 11.5 Å². The topological polar surface area (TPSA) is 89.0 Å². The first-order valence-corrected chi connectivity index (χ1v) is 8.62. The van der Waals surface area contributed by atoms with Gasteiger partial charge in [-0.25, -0.2) is 9.48 Å². The number of carbonyl (C=O) groups is 2. The molecule has 7 nitrogen and oxygen atoms in total. The second kappa shape index (κ2) is 7.43. The van der Waals surface area contributed by atoms with E-state index in [-0.39, 0.29) is 6.04 Å². The van der Waals surface area contributed by atoms with Crippen LogP contribution in [0.1, 0.15) is 43.7 Å². The molecule has 7 heteroatoms. The Hall–Kier alpha value is -3.09. The Morgan fingerprint density at radius 1 is 1.27 bits per heavy atom. The minimum atomic E-state index is -0.936. The lowest BCUT2D eigenvalue weighted by atomic mass is 10.2. The molecule has 0 saturated carbocycles. The second-order valence-corrected chi connectivity index (χ2v) is 6.23. The average Bonchev–Trinajstić information content (AvgIpc) is 3.27. The van der Waals surface area contributed by atoms with E-state index in [0.717, 1.165) is 17.3 Å². The van der Waals surface area contributed by atoms with Crippen molar-refractivity contribution < 1.29 is 14.3 Å². The van der Waals surface area contributed by atoms with Gasteiger partial charge in [0.25, 0.3) is 5.91 Å². The van der Waals surface area contributed by atoms with E-state index in [2.05, 4.69) is 15.4 Å². The molecule has 0 aliphatic rings. The Morgan fingerprint density at radius 2 is 2.04 bits per heavy atom. The molecule has 2 heterocycles. The van der Waals surface area contributed by atoms with Gasteiger partial charge in [-0.05, 0) is 32.4 Å². The number of carbonyl (C=O) groups excluding carboxylic acids is 2. The van der Waals surface area contributed by atoms with Crippen LogP contribution >= 0.6 is 0 Å². The van der Waals surface area contributed by atoms with Crippen LogP contribution in [0.4, 0.5) is 5.82 Å². The highest BCUT2D eigenvalue weighted by Gasteiger charge is 2.21. The van der Waals surface area contributed by atoms with Crippen LogP contribution in [-0.2, 0) is 9.53 Å². The minimum absolute atomic E-state index is 0.157. The Labute approximate surface area is 151 Å². The fourth-order valence-electron chi connectivity index (χ4n) is 2.63. The van der Waals surface area contributed by atoms with Gasteiger partial charge in [0, 0.05) is 17.0 Å². The number of nitrogens with zero attached hydrogens (tertiary/aromatic N) is 2. The van der Waals surface area contributed by atoms with Crippen molar-refractivity contribution >= 4 is 28.6 Å². The molecule has 0 saturated heterocycles. The van der Waals surface area contributed by atoms with E-state index in [1.807, 2.05) is 38.1 Å². The molecule has 136 valence electrons. The van der Waals surface area contributed by atoms with Crippen LogP contribution in [0.25, 0.3) is 10.9 Å². The summed E-state index contributed by atoms with van der Waals surface area (Å²) < 4.78 is 7.03. The van der Waals surface area contributed by atoms with Crippen LogP contribution in [0, 0.1) is 0 Å². The van der Waals surface area contributed by atoms with E-state index < -0.39 is 18.0 Å². The molecule has 2 N–H and O–H groups in total. The molecule has 0 spiro atoms. The van der Waals surface area contributed by atoms with Crippen LogP contribution in [0.15, 0.2) is 42.6 Å². The summed E-state index contributed by atoms with van der Waals surface area (Å²) >= 11 is 0. The van der Waals surface area contributed by atoms with Crippen LogP contribution in [0.2, 0.25) is 0 Å². The smallest absolute Gasteiger partial charge is 0.355 e. The first-order valence-electron chi connectivity index (χ1n) is 8.62. The number of fused-ring (bicyclic) bond motifs is 1. The summed E-state index contributed by atoms with van der Waals surface area (Å²) in [6, 6.07) is 11.1. The van der Waals surface area contributed by atoms with Crippen molar-refractivity contribution in [1.29, 1.82) is 0 Å². The number of anilines is 1. The molecule has 0 radical (unpaired) electrons. The third-order valence-electron chi connectivity index (χ3n) is 4.33. The van der Waals surface area contributed by atoms with Gasteiger partial charge in [-0.2, -0.15) is 5.10 Å². The Bertz CT molecular complexity index is 895. The van der Waals surface area contributed by atoms with Gasteiger partial charge in [-0.15, -0.1) is 0 Å². The number of rotatable bonds is 6. The zero-order chi connectivity index (χ0) is 18.7. The zero-order valence-electron chi connectivity index (χ0n) is 15.0. The highest BCUT2D eigenvalue weighted by molar-refractivity contribution is 5.98. The largest absolute Gasteiger partial charge is 0.448 e. The third-order valence-corrected chi connectivity index (χ3v) is 4.33. The van der Waals surface area contributed by atoms with Crippen molar-refractivity contribution in [2.24, 2.45) is 0 Å². The monoisotopic (exact) mass is 354 g/mol. The van der Waals surface area contributed by atoms with Crippen molar-refractivity contribution in [3.8, 4) is 0 Å². The highest BCUT2D eigenvalue weighted by Crippen LogP contribution is 2.18. The average molecular weight is 354 g/mol. The SMILES string of the molecule is CCC(C)n1nccc1NC(=O)C(C)OC(=O)c1cc2ccccc2[nH]1. The fourth-order valence-corrected chi connectivity index (χ4v) is 2.63. The molecule has 2 atom stereocenters. The number of aromatic amines is 1. The van der Waals surface area contributed by atoms with Gasteiger partial charge in [-0.3, -0.25) is 4.79 Å². The number of hydrogen-bond acceptors (Lipinski definition) is 4. The lowest BCUT2D eigenvalue weighted by molar-refractivity contribution is -0.123. The molecule has 0 aliphatic heterocycles. The molecule has 1 amide bonds. The zero-order valence-corrected chi connectivity index (χ0v) is 15.0. The van der Waals surface area contributed by atoms with Gasteiger partial charge in [0.1, 0.15) is 11.5 Å². The normalized spacial score (nSPS) is 13.3. The van der Waals surface area contributed by atoms with Gasteiger partial charge < -0.3 is 15.0 Å². The van der Waals surface area contributed by atoms with E-state index in [1.54, 1.807) is 29.9 Å². The first kappa shape index (κ1) is 17.7. The van der Waals surface area contributed by atoms with E-state index in [9.17, 15) is 9.59 Å². The van der Waals surface area contributed by atoms with E-state index in [4.69, 9.17) is 4.74 Å². The number of para-hydroxylation sites is 1. The molecule has 3 rings (SSSR count). The summed E-state index contributed by atoms with van der Waals surface area (Å²) in [4.78, 5) is 27.7. The van der Waals surface area contributed by atoms with Gasteiger partial charge >= 0.3 is 5.97 Å². The summed E-state index contributed by atoms with van der Waals surface area (Å²) in [5.74, 6) is -0.392. The van der Waals surface area contributed by atoms with Crippen molar-refractivity contribution in [1.82, 2.24) is 14.8 Å². The van der Waals surface area contributed by atoms with Gasteiger partial charge in [-0.1, -0.05) is 25.1 Å². The molecule has 0 fully saturated rings. The minimum Gasteiger partial charge on any atom is -0.448 e. The maximum atomic E-state index is 12.4. The second-order valence-electron chi connectivity index (χ2n) is 6.23. The number of nitrogens with one attached hydrogen (secondary N) is 2. The lowest BCUT2D eigenvalue weighted by Gasteiger charge is -2.16. The predicted molar refractivity (Wildman–Crippen MR) is 99.0 cm³/mol. The molecule has 2 unspecified atom stereocenters. The molecule has 2 aromatic heterocycles. The number of esters is 1. The summed E-state index contributed by atoms with van der Waals surface area (Å²) in [6.07, 6.45) is 1.58. The van der Waals surface area contributed by atoms with Crippen molar-refractivity contribution in [2.75, 3.05) is 5.32 Å². The number of H-pyrrole nitrogens is 1. The quantitative estimate of drug-likeness (QED) is 0.663. The third kappa shape index (κ3) is 3.61. The molecule has 1 aromatic carbocycles. The van der Waals surface area contributed by atoms with Gasteiger partial charge in [0.15, 0.2) is 6.10 Å². The van der Waals surface area contributed by atoms with Gasteiger partial charge in [0.05, 0.1) is 12.2 Å². The summed E-state index contributed by atoms with van der Waals surface area (Å²) in [5, 5.41) is 7.90. The Kier molecular flexibility index (Phi) is 5.06. The van der Waals surface area contributed by atoms with Crippen LogP contribution in [0.3, 0.4) is 0 Å². The standard InChI is InChI=1S/C19H22N4O3/c1-4-12(2)23-17(9-10-20-23)22-18(24)13(3)26-19(25)16-11-14-7-5-6-8-15(14)21-16/h5-13,21H,4H2,1-3H3,(H,22,24). The highest BCUT2D eigenvalue weighted by atomic mass is 16.5. The predicted octanol–water partition coefficient (Wildman–Crippen LogP) is 3.52. The van der Waals surface area contributed by atoms with E-state index >= 15 is 0 Å². The first-order chi connectivity index (χ1) is 12.5. The van der Waals surface area contributed by atoms with Crippen molar-refractivity contribution in [2.45, 2.75) is 39.3 Å². The molecule has 0 aliphatic carbocycles. The molecule has 26 heavy (non-hydrogen) atoms. The number of ether oxygens (including phenoxy) is 1. The number of hydrogen-bond donors (Lipinski definition) is 2. The summed E-state index contributed by atoms with van der Waals surface area (Å²) in [5.41, 5.74) is 1.16. The lowest BCUT2D eigenvalue weighted by Crippen LogP contribution is -2.31. The summed E-state index contributed by atoms with van der Waals surface area (Å²) in [7, 11) is 0. The van der Waals surface area contributed by atoms with Gasteiger partial charge in [0.2, 0.25) is 0 Å². The molecular formula is C19H22N4O3. The number of amides is 1. The van der Waals surface area contributed by atoms with Crippen molar-refractivity contribution in [3.05, 3.63) is 48.3 Å². The van der Waals surface area contributed by atoms with Crippen LogP contribution in [-0.4, -0.2) is 32.7 Å². The van der Waals surface area contributed by atoms with Crippen molar-refractivity contribution in [3.63, 3.8) is 0 Å². The molecular weight excluding hydrogens is 332 g/mol. The van der Waals surface area contributed by atoms with Crippen LogP contribution < -0.4 is 5.32 Å². The van der Waals surface area contributed by atoms with Crippen LogP contribution in [0.5, 0.6) is 0 Å². The number of aromatic nitrogens is 3. The molecule has 0 bridgehead atoms. The van der Waals surface area contributed by atoms with E-state index in [1.165, 1.54) is 0 Å². The number of benzene rings is 1. The Morgan fingerprint density at radius 3 is 2.77 bits per heavy atom. The molecule has 3 aromatic rings.